The lowest BCUT2D eigenvalue weighted by Gasteiger charge is -2.24. The molecule has 1 fully saturated rings. The molecule has 0 unspecified atom stereocenters. The first kappa shape index (κ1) is 14.4. The number of carbonyl (C=O) groups is 1. The summed E-state index contributed by atoms with van der Waals surface area (Å²) >= 11 is 3.50. The number of aryl methyl sites for hydroxylation is 1. The van der Waals surface area contributed by atoms with Crippen LogP contribution in [0.5, 0.6) is 0 Å². The number of carbonyl (C=O) groups excluding carboxylic acids is 1. The lowest BCUT2D eigenvalue weighted by atomic mass is 10.0. The van der Waals surface area contributed by atoms with E-state index >= 15 is 0 Å². The molecule has 4 heteroatoms. The van der Waals surface area contributed by atoms with Crippen LogP contribution in [0.3, 0.4) is 0 Å². The van der Waals surface area contributed by atoms with Gasteiger partial charge in [0.15, 0.2) is 0 Å². The minimum absolute atomic E-state index is 0.228. The summed E-state index contributed by atoms with van der Waals surface area (Å²) in [4.78, 5) is 11.9. The highest BCUT2D eigenvalue weighted by atomic mass is 79.9. The van der Waals surface area contributed by atoms with Crippen molar-refractivity contribution < 1.29 is 9.53 Å². The van der Waals surface area contributed by atoms with Gasteiger partial charge in [-0.05, 0) is 57.7 Å². The summed E-state index contributed by atoms with van der Waals surface area (Å²) in [6.45, 7) is 7.67. The van der Waals surface area contributed by atoms with Crippen LogP contribution in [0.25, 0.3) is 0 Å². The molecule has 0 aliphatic heterocycles. The van der Waals surface area contributed by atoms with Crippen molar-refractivity contribution in [2.24, 2.45) is 0 Å². The zero-order valence-electron chi connectivity index (χ0n) is 11.8. The molecule has 1 amide bonds. The fourth-order valence-corrected chi connectivity index (χ4v) is 2.30. The molecule has 1 N–H and O–H groups in total. The van der Waals surface area contributed by atoms with Crippen molar-refractivity contribution in [2.45, 2.75) is 51.7 Å². The molecule has 1 aromatic carbocycles. The normalized spacial score (nSPS) is 16.9. The third-order valence-electron chi connectivity index (χ3n) is 3.20. The molecule has 3 nitrogen and oxygen atoms in total. The Morgan fingerprint density at radius 1 is 1.37 bits per heavy atom. The van der Waals surface area contributed by atoms with Crippen molar-refractivity contribution in [1.82, 2.24) is 5.32 Å². The second-order valence-corrected chi connectivity index (χ2v) is 7.03. The van der Waals surface area contributed by atoms with E-state index in [0.29, 0.717) is 0 Å². The largest absolute Gasteiger partial charge is 0.444 e. The van der Waals surface area contributed by atoms with Crippen LogP contribution in [-0.4, -0.2) is 11.7 Å². The van der Waals surface area contributed by atoms with Crippen molar-refractivity contribution >= 4 is 22.0 Å². The van der Waals surface area contributed by atoms with Crippen molar-refractivity contribution in [3.63, 3.8) is 0 Å². The summed E-state index contributed by atoms with van der Waals surface area (Å²) in [6, 6.07) is 6.21. The first-order valence-corrected chi connectivity index (χ1v) is 7.29. The summed E-state index contributed by atoms with van der Waals surface area (Å²) in [5.74, 6) is 0. The van der Waals surface area contributed by atoms with Crippen LogP contribution in [-0.2, 0) is 10.3 Å². The second kappa shape index (κ2) is 4.82. The van der Waals surface area contributed by atoms with Crippen LogP contribution in [0.2, 0.25) is 0 Å². The van der Waals surface area contributed by atoms with Gasteiger partial charge in [-0.25, -0.2) is 4.79 Å². The van der Waals surface area contributed by atoms with Gasteiger partial charge >= 0.3 is 6.09 Å². The SMILES string of the molecule is Cc1cc(C2(NC(=O)OC(C)(C)C)CC2)ccc1Br. The highest BCUT2D eigenvalue weighted by Crippen LogP contribution is 2.46. The fourth-order valence-electron chi connectivity index (χ4n) is 2.05. The Morgan fingerprint density at radius 2 is 2.00 bits per heavy atom. The summed E-state index contributed by atoms with van der Waals surface area (Å²) in [7, 11) is 0. The number of alkyl carbamates (subject to hydrolysis) is 1. The number of amides is 1. The minimum Gasteiger partial charge on any atom is -0.444 e. The topological polar surface area (TPSA) is 38.3 Å². The molecule has 0 aromatic heterocycles. The van der Waals surface area contributed by atoms with E-state index in [-0.39, 0.29) is 11.6 Å². The summed E-state index contributed by atoms with van der Waals surface area (Å²) in [5, 5.41) is 3.01. The standard InChI is InChI=1S/C15H20BrNO2/c1-10-9-11(5-6-12(10)16)15(7-8-15)17-13(18)19-14(2,3)4/h5-6,9H,7-8H2,1-4H3,(H,17,18). The van der Waals surface area contributed by atoms with Gasteiger partial charge in [0.1, 0.15) is 5.60 Å². The van der Waals surface area contributed by atoms with Gasteiger partial charge in [0, 0.05) is 4.47 Å². The Balaban J connectivity index is 2.11. The maximum absolute atomic E-state index is 11.9. The summed E-state index contributed by atoms with van der Waals surface area (Å²) < 4.78 is 6.42. The molecular formula is C15H20BrNO2. The maximum Gasteiger partial charge on any atom is 0.408 e. The van der Waals surface area contributed by atoms with Crippen molar-refractivity contribution in [3.05, 3.63) is 33.8 Å². The quantitative estimate of drug-likeness (QED) is 0.881. The molecular weight excluding hydrogens is 306 g/mol. The smallest absolute Gasteiger partial charge is 0.408 e. The summed E-state index contributed by atoms with van der Waals surface area (Å²) in [6.07, 6.45) is 1.59. The zero-order chi connectivity index (χ0) is 14.3. The Hall–Kier alpha value is -1.03. The number of ether oxygens (including phenoxy) is 1. The Morgan fingerprint density at radius 3 is 2.47 bits per heavy atom. The molecule has 0 saturated heterocycles. The van der Waals surface area contributed by atoms with Crippen LogP contribution in [0, 0.1) is 6.92 Å². The third kappa shape index (κ3) is 3.50. The predicted octanol–water partition coefficient (Wildman–Crippen LogP) is 4.27. The van der Waals surface area contributed by atoms with Gasteiger partial charge in [0.25, 0.3) is 0 Å². The number of halogens is 1. The van der Waals surface area contributed by atoms with Crippen molar-refractivity contribution in [2.75, 3.05) is 0 Å². The highest BCUT2D eigenvalue weighted by Gasteiger charge is 2.46. The van der Waals surface area contributed by atoms with Gasteiger partial charge in [-0.2, -0.15) is 0 Å². The molecule has 1 saturated carbocycles. The first-order chi connectivity index (χ1) is 8.72. The molecule has 0 bridgehead atoms. The molecule has 0 heterocycles. The van der Waals surface area contributed by atoms with Crippen LogP contribution in [0.15, 0.2) is 22.7 Å². The molecule has 0 radical (unpaired) electrons. The van der Waals surface area contributed by atoms with E-state index < -0.39 is 5.60 Å². The van der Waals surface area contributed by atoms with E-state index in [1.807, 2.05) is 26.8 Å². The van der Waals surface area contributed by atoms with Gasteiger partial charge in [-0.3, -0.25) is 0 Å². The fraction of sp³-hybridized carbons (Fsp3) is 0.533. The average molecular weight is 326 g/mol. The molecule has 0 atom stereocenters. The van der Waals surface area contributed by atoms with Crippen LogP contribution < -0.4 is 5.32 Å². The van der Waals surface area contributed by atoms with Crippen LogP contribution in [0.1, 0.15) is 44.7 Å². The van der Waals surface area contributed by atoms with Gasteiger partial charge in [0.05, 0.1) is 5.54 Å². The molecule has 1 aliphatic carbocycles. The van der Waals surface area contributed by atoms with E-state index in [4.69, 9.17) is 4.74 Å². The molecule has 1 aromatic rings. The monoisotopic (exact) mass is 325 g/mol. The predicted molar refractivity (Wildman–Crippen MR) is 79.2 cm³/mol. The van der Waals surface area contributed by atoms with Crippen molar-refractivity contribution in [3.8, 4) is 0 Å². The Labute approximate surface area is 122 Å². The Kier molecular flexibility index (Phi) is 3.65. The van der Waals surface area contributed by atoms with Gasteiger partial charge in [-0.15, -0.1) is 0 Å². The zero-order valence-corrected chi connectivity index (χ0v) is 13.4. The molecule has 2 rings (SSSR count). The minimum atomic E-state index is -0.463. The maximum atomic E-state index is 11.9. The van der Waals surface area contributed by atoms with Gasteiger partial charge in [0.2, 0.25) is 0 Å². The lowest BCUT2D eigenvalue weighted by molar-refractivity contribution is 0.0495. The number of benzene rings is 1. The second-order valence-electron chi connectivity index (χ2n) is 6.17. The van der Waals surface area contributed by atoms with Crippen LogP contribution >= 0.6 is 15.9 Å². The molecule has 19 heavy (non-hydrogen) atoms. The molecule has 1 aliphatic rings. The number of hydrogen-bond donors (Lipinski definition) is 1. The first-order valence-electron chi connectivity index (χ1n) is 6.50. The van der Waals surface area contributed by atoms with Crippen LogP contribution in [0.4, 0.5) is 4.79 Å². The summed E-state index contributed by atoms with van der Waals surface area (Å²) in [5.41, 5.74) is 1.64. The molecule has 0 spiro atoms. The van der Waals surface area contributed by atoms with E-state index in [1.165, 1.54) is 5.56 Å². The number of nitrogens with one attached hydrogen (secondary N) is 1. The van der Waals surface area contributed by atoms with Gasteiger partial charge in [-0.1, -0.05) is 28.1 Å². The number of hydrogen-bond acceptors (Lipinski definition) is 2. The average Bonchev–Trinajstić information content (AvgIpc) is 3.00. The van der Waals surface area contributed by atoms with Crippen molar-refractivity contribution in [1.29, 1.82) is 0 Å². The van der Waals surface area contributed by atoms with E-state index in [1.54, 1.807) is 0 Å². The van der Waals surface area contributed by atoms with E-state index in [2.05, 4.69) is 40.3 Å². The number of rotatable bonds is 2. The lowest BCUT2D eigenvalue weighted by Crippen LogP contribution is -2.39. The van der Waals surface area contributed by atoms with Gasteiger partial charge < -0.3 is 10.1 Å². The Bertz CT molecular complexity index is 501. The third-order valence-corrected chi connectivity index (χ3v) is 4.09. The van der Waals surface area contributed by atoms with E-state index in [0.717, 1.165) is 22.9 Å². The van der Waals surface area contributed by atoms with E-state index in [9.17, 15) is 4.79 Å². The molecule has 104 valence electrons. The highest BCUT2D eigenvalue weighted by molar-refractivity contribution is 9.10.